The van der Waals surface area contributed by atoms with Gasteiger partial charge in [-0.15, -0.1) is 0 Å². The number of thioether (sulfide) groups is 1. The number of hydrogen-bond donors (Lipinski definition) is 0. The van der Waals surface area contributed by atoms with Gasteiger partial charge in [0.05, 0.1) is 10.1 Å². The summed E-state index contributed by atoms with van der Waals surface area (Å²) in [5.74, 6) is 6.96. The largest absolute Gasteiger partial charge is 0.748 e. The van der Waals surface area contributed by atoms with E-state index in [9.17, 15) is 17.8 Å². The lowest BCUT2D eigenvalue weighted by Crippen LogP contribution is -2.30. The molecule has 0 aromatic carbocycles. The van der Waals surface area contributed by atoms with Crippen LogP contribution in [-0.2, 0) is 25.8 Å². The molecule has 1 aliphatic heterocycles. The lowest BCUT2D eigenvalue weighted by atomic mass is 10.0. The summed E-state index contributed by atoms with van der Waals surface area (Å²) < 4.78 is 29.5. The summed E-state index contributed by atoms with van der Waals surface area (Å²) in [5, 5.41) is 0. The Morgan fingerprint density at radius 2 is 1.82 bits per heavy atom. The number of carbonyl (C=O) groups excluding carboxylic acids is 1. The summed E-state index contributed by atoms with van der Waals surface area (Å²) in [7, 11) is -3.48. The van der Waals surface area contributed by atoms with Crippen molar-refractivity contribution in [3.8, 4) is 0 Å². The second-order valence-electron chi connectivity index (χ2n) is 5.84. The summed E-state index contributed by atoms with van der Waals surface area (Å²) in [5.41, 5.74) is 0. The Morgan fingerprint density at radius 3 is 2.27 bits per heavy atom. The van der Waals surface area contributed by atoms with Crippen LogP contribution in [0.3, 0.4) is 0 Å². The quantitative estimate of drug-likeness (QED) is 0.532. The molecule has 2 rings (SSSR count). The van der Waals surface area contributed by atoms with Crippen LogP contribution in [0.2, 0.25) is 0 Å². The van der Waals surface area contributed by atoms with Crippen molar-refractivity contribution in [1.82, 2.24) is 0 Å². The number of ketones is 1. The van der Waals surface area contributed by atoms with Crippen molar-refractivity contribution in [3.05, 3.63) is 0 Å². The Labute approximate surface area is 142 Å². The second-order valence-corrected chi connectivity index (χ2v) is 10.9. The van der Waals surface area contributed by atoms with Crippen LogP contribution in [0, 0.1) is 5.92 Å². The fraction of sp³-hybridized carbons (Fsp3) is 0.933. The van der Waals surface area contributed by atoms with Crippen LogP contribution in [0.5, 0.6) is 0 Å². The van der Waals surface area contributed by atoms with Crippen molar-refractivity contribution in [3.63, 3.8) is 0 Å². The van der Waals surface area contributed by atoms with Crippen LogP contribution in [-0.4, -0.2) is 53.3 Å². The topological polar surface area (TPSA) is 74.3 Å². The van der Waals surface area contributed by atoms with Crippen LogP contribution in [0.25, 0.3) is 0 Å². The highest BCUT2D eigenvalue weighted by Gasteiger charge is 2.30. The van der Waals surface area contributed by atoms with Gasteiger partial charge in [-0.1, -0.05) is 26.2 Å². The number of carbonyl (C=O) groups is 1. The van der Waals surface area contributed by atoms with Crippen LogP contribution < -0.4 is 0 Å². The highest BCUT2D eigenvalue weighted by molar-refractivity contribution is 8.05. The van der Waals surface area contributed by atoms with Crippen molar-refractivity contribution >= 4 is 38.6 Å². The third-order valence-electron chi connectivity index (χ3n) is 3.94. The maximum atomic E-state index is 11.9. The van der Waals surface area contributed by atoms with Gasteiger partial charge in [0.2, 0.25) is 0 Å². The summed E-state index contributed by atoms with van der Waals surface area (Å²) in [6.07, 6.45) is 6.18. The molecule has 0 atom stereocenters. The van der Waals surface area contributed by atoms with E-state index in [2.05, 4.69) is 11.8 Å². The maximum absolute atomic E-state index is 11.9. The van der Waals surface area contributed by atoms with E-state index in [0.717, 1.165) is 12.2 Å². The van der Waals surface area contributed by atoms with Crippen LogP contribution >= 0.6 is 11.8 Å². The normalized spacial score (nSPS) is 20.5. The van der Waals surface area contributed by atoms with Gasteiger partial charge in [0, 0.05) is 23.2 Å². The molecule has 130 valence electrons. The molecule has 0 radical (unpaired) electrons. The van der Waals surface area contributed by atoms with E-state index < -0.39 is 10.1 Å². The molecule has 1 heterocycles. The van der Waals surface area contributed by atoms with Crippen LogP contribution in [0.15, 0.2) is 0 Å². The summed E-state index contributed by atoms with van der Waals surface area (Å²) in [6.45, 7) is 1.84. The lowest BCUT2D eigenvalue weighted by Gasteiger charge is -2.14. The first-order valence-corrected chi connectivity index (χ1v) is 12.6. The predicted octanol–water partition coefficient (Wildman–Crippen LogP) is 2.44. The molecule has 4 nitrogen and oxygen atoms in total. The third kappa shape index (κ3) is 9.43. The molecule has 0 aromatic rings. The van der Waals surface area contributed by atoms with Gasteiger partial charge in [0.1, 0.15) is 11.5 Å². The Hall–Kier alpha value is 0.280. The second kappa shape index (κ2) is 10.9. The maximum Gasteiger partial charge on any atom is 0.184 e. The van der Waals surface area contributed by atoms with Gasteiger partial charge in [-0.05, 0) is 30.2 Å². The van der Waals surface area contributed by atoms with E-state index in [0.29, 0.717) is 29.0 Å². The smallest absolute Gasteiger partial charge is 0.184 e. The Bertz CT molecular complexity index is 411. The highest BCUT2D eigenvalue weighted by atomic mass is 32.2. The average molecular weight is 369 g/mol. The number of rotatable bonds is 6. The number of unbranched alkanes of at least 4 members (excludes halogenated alkanes) is 1. The van der Waals surface area contributed by atoms with Gasteiger partial charge in [-0.3, -0.25) is 4.79 Å². The molecule has 7 heteroatoms. The first-order chi connectivity index (χ1) is 10.4. The van der Waals surface area contributed by atoms with Crippen molar-refractivity contribution in [2.45, 2.75) is 45.4 Å². The predicted molar refractivity (Wildman–Crippen MR) is 95.7 cm³/mol. The molecule has 1 aliphatic carbocycles. The Balaban J connectivity index is 0.000000261. The summed E-state index contributed by atoms with van der Waals surface area (Å²) in [4.78, 5) is 11.9. The molecule has 0 unspecified atom stereocenters. The zero-order chi connectivity index (χ0) is 16.4. The van der Waals surface area contributed by atoms with Gasteiger partial charge in [0.15, 0.2) is 11.5 Å². The van der Waals surface area contributed by atoms with E-state index in [1.165, 1.54) is 48.7 Å². The highest BCUT2D eigenvalue weighted by Crippen LogP contribution is 2.26. The van der Waals surface area contributed by atoms with E-state index in [-0.39, 0.29) is 5.75 Å². The summed E-state index contributed by atoms with van der Waals surface area (Å²) >= 11 is 2.05. The fourth-order valence-corrected chi connectivity index (χ4v) is 7.40. The monoisotopic (exact) mass is 368 g/mol. The van der Waals surface area contributed by atoms with Gasteiger partial charge >= 0.3 is 0 Å². The molecule has 22 heavy (non-hydrogen) atoms. The molecule has 1 saturated carbocycles. The molecule has 0 aromatic heterocycles. The van der Waals surface area contributed by atoms with Gasteiger partial charge < -0.3 is 4.55 Å². The molecular formula is C15H28O4S3. The minimum atomic E-state index is -3.94. The first kappa shape index (κ1) is 20.3. The Kier molecular flexibility index (Phi) is 10.1. The van der Waals surface area contributed by atoms with Crippen molar-refractivity contribution in [1.29, 1.82) is 0 Å². The molecule has 0 bridgehead atoms. The Morgan fingerprint density at radius 1 is 1.23 bits per heavy atom. The lowest BCUT2D eigenvalue weighted by molar-refractivity contribution is -0.120. The van der Waals surface area contributed by atoms with Crippen LogP contribution in [0.4, 0.5) is 0 Å². The van der Waals surface area contributed by atoms with E-state index >= 15 is 0 Å². The van der Waals surface area contributed by atoms with E-state index in [1.807, 2.05) is 6.92 Å². The van der Waals surface area contributed by atoms with Crippen LogP contribution in [0.1, 0.15) is 45.4 Å². The van der Waals surface area contributed by atoms with Crippen molar-refractivity contribution in [2.24, 2.45) is 5.92 Å². The molecular weight excluding hydrogens is 340 g/mol. The standard InChI is InChI=1S/C11H19OS2.C4H10O3S/c12-11(10-3-1-2-4-10)9-14-7-5-13-6-8-14;1-2-3-4-8(5,6)7/h10H,1-9H2;2-4H2,1H3,(H,5,6,7)/q+1;/p-1. The van der Waals surface area contributed by atoms with Gasteiger partial charge in [-0.25, -0.2) is 8.42 Å². The van der Waals surface area contributed by atoms with Gasteiger partial charge in [-0.2, -0.15) is 11.8 Å². The number of hydrogen-bond acceptors (Lipinski definition) is 5. The SMILES string of the molecule is CCCCS(=O)(=O)[O-].O=C(C[S+]1CCSCC1)C1CCCC1. The molecule has 2 aliphatic rings. The zero-order valence-electron chi connectivity index (χ0n) is 13.4. The average Bonchev–Trinajstić information content (AvgIpc) is 3.00. The minimum Gasteiger partial charge on any atom is -0.748 e. The molecule has 0 amide bonds. The molecule has 1 saturated heterocycles. The fourth-order valence-electron chi connectivity index (χ4n) is 2.59. The molecule has 0 N–H and O–H groups in total. The third-order valence-corrected chi connectivity index (χ3v) is 8.48. The molecule has 0 spiro atoms. The minimum absolute atomic E-state index is 0.219. The van der Waals surface area contributed by atoms with E-state index in [4.69, 9.17) is 0 Å². The van der Waals surface area contributed by atoms with E-state index in [1.54, 1.807) is 0 Å². The zero-order valence-corrected chi connectivity index (χ0v) is 15.9. The molecule has 2 fully saturated rings. The number of Topliss-reactive ketones (excluding diaryl/α,β-unsaturated/α-hetero) is 1. The van der Waals surface area contributed by atoms with Crippen molar-refractivity contribution < 1.29 is 17.8 Å². The van der Waals surface area contributed by atoms with Crippen molar-refractivity contribution in [2.75, 3.05) is 34.5 Å². The first-order valence-electron chi connectivity index (χ1n) is 8.10. The van der Waals surface area contributed by atoms with Gasteiger partial charge in [0.25, 0.3) is 0 Å². The summed E-state index contributed by atoms with van der Waals surface area (Å²) in [6, 6.07) is 0.